The third kappa shape index (κ3) is 3.06. The van der Waals surface area contributed by atoms with Gasteiger partial charge in [0.05, 0.1) is 7.11 Å². The maximum absolute atomic E-state index is 13.8. The van der Waals surface area contributed by atoms with Crippen LogP contribution in [0.15, 0.2) is 23.1 Å². The highest BCUT2D eigenvalue weighted by Crippen LogP contribution is 2.28. The summed E-state index contributed by atoms with van der Waals surface area (Å²) in [5, 5.41) is 0. The van der Waals surface area contributed by atoms with E-state index in [2.05, 4.69) is 14.7 Å². The zero-order valence-electron chi connectivity index (χ0n) is 13.5. The van der Waals surface area contributed by atoms with Crippen LogP contribution in [0, 0.1) is 12.7 Å². The molecule has 0 aliphatic heterocycles. The number of halogens is 1. The Hall–Kier alpha value is -2.22. The normalized spacial score (nSPS) is 14.1. The molecule has 1 aliphatic carbocycles. The van der Waals surface area contributed by atoms with Crippen LogP contribution in [0.2, 0.25) is 0 Å². The molecule has 1 N–H and O–H groups in total. The first-order valence-electron chi connectivity index (χ1n) is 7.64. The van der Waals surface area contributed by atoms with Gasteiger partial charge in [-0.1, -0.05) is 6.07 Å². The lowest BCUT2D eigenvalue weighted by atomic mass is 9.95. The topological polar surface area (TPSA) is 81.2 Å². The summed E-state index contributed by atoms with van der Waals surface area (Å²) in [7, 11) is -2.84. The third-order valence-electron chi connectivity index (χ3n) is 4.04. The summed E-state index contributed by atoms with van der Waals surface area (Å²) in [6, 6.07) is 3.72. The van der Waals surface area contributed by atoms with Gasteiger partial charge in [0.1, 0.15) is 4.90 Å². The summed E-state index contributed by atoms with van der Waals surface area (Å²) in [5.41, 5.74) is 2.73. The molecule has 0 saturated heterocycles. The Balaban J connectivity index is 1.99. The molecule has 0 atom stereocenters. The second kappa shape index (κ2) is 6.35. The largest absolute Gasteiger partial charge is 0.492 e. The minimum Gasteiger partial charge on any atom is -0.492 e. The van der Waals surface area contributed by atoms with Gasteiger partial charge in [0.25, 0.3) is 10.0 Å². The van der Waals surface area contributed by atoms with Crippen LogP contribution in [0.3, 0.4) is 0 Å². The molecule has 0 bridgehead atoms. The molecule has 6 nitrogen and oxygen atoms in total. The van der Waals surface area contributed by atoms with Gasteiger partial charge >= 0.3 is 0 Å². The molecule has 0 amide bonds. The second-order valence-electron chi connectivity index (χ2n) is 5.64. The number of hydrogen-bond acceptors (Lipinski definition) is 5. The van der Waals surface area contributed by atoms with Gasteiger partial charge in [-0.3, -0.25) is 0 Å². The molecule has 0 unspecified atom stereocenters. The van der Waals surface area contributed by atoms with Crippen molar-refractivity contribution in [2.24, 2.45) is 0 Å². The number of nitrogens with zero attached hydrogens (tertiary/aromatic N) is 2. The number of aryl methyl sites for hydroxylation is 2. The molecule has 24 heavy (non-hydrogen) atoms. The van der Waals surface area contributed by atoms with Crippen LogP contribution in [0.25, 0.3) is 0 Å². The molecule has 1 aromatic heterocycles. The monoisotopic (exact) mass is 351 g/mol. The number of hydrogen-bond donors (Lipinski definition) is 1. The fourth-order valence-corrected chi connectivity index (χ4v) is 4.03. The van der Waals surface area contributed by atoms with Crippen LogP contribution in [-0.4, -0.2) is 25.5 Å². The summed E-state index contributed by atoms with van der Waals surface area (Å²) in [5.74, 6) is -1.08. The van der Waals surface area contributed by atoms with Gasteiger partial charge in [-0.15, -0.1) is 0 Å². The fraction of sp³-hybridized carbons (Fsp3) is 0.375. The summed E-state index contributed by atoms with van der Waals surface area (Å²) in [6.07, 6.45) is 3.82. The van der Waals surface area contributed by atoms with Crippen molar-refractivity contribution in [2.45, 2.75) is 37.5 Å². The van der Waals surface area contributed by atoms with E-state index >= 15 is 0 Å². The van der Waals surface area contributed by atoms with Crippen molar-refractivity contribution >= 4 is 16.0 Å². The number of aromatic nitrogens is 2. The SMILES string of the molecule is COc1c(F)cccc1S(=O)(=O)Nc1nc(C)c2c(n1)CCCC2. The van der Waals surface area contributed by atoms with E-state index in [9.17, 15) is 12.8 Å². The van der Waals surface area contributed by atoms with E-state index in [4.69, 9.17) is 4.74 Å². The summed E-state index contributed by atoms with van der Waals surface area (Å²) in [4.78, 5) is 8.28. The van der Waals surface area contributed by atoms with Gasteiger partial charge < -0.3 is 4.74 Å². The molecule has 1 aromatic carbocycles. The highest BCUT2D eigenvalue weighted by atomic mass is 32.2. The summed E-state index contributed by atoms with van der Waals surface area (Å²) in [6.45, 7) is 1.84. The summed E-state index contributed by atoms with van der Waals surface area (Å²) >= 11 is 0. The van der Waals surface area contributed by atoms with E-state index in [0.29, 0.717) is 0 Å². The molecular formula is C16H18FN3O3S. The van der Waals surface area contributed by atoms with Crippen LogP contribution in [0.4, 0.5) is 10.3 Å². The van der Waals surface area contributed by atoms with Crippen LogP contribution in [-0.2, 0) is 22.9 Å². The molecular weight excluding hydrogens is 333 g/mol. The minimum atomic E-state index is -4.06. The number of sulfonamides is 1. The Morgan fingerprint density at radius 2 is 1.96 bits per heavy atom. The molecule has 0 saturated carbocycles. The van der Waals surface area contributed by atoms with E-state index in [1.807, 2.05) is 6.92 Å². The number of benzene rings is 1. The Morgan fingerprint density at radius 3 is 2.71 bits per heavy atom. The van der Waals surface area contributed by atoms with E-state index in [0.717, 1.165) is 48.7 Å². The minimum absolute atomic E-state index is 0.000496. The van der Waals surface area contributed by atoms with Crippen LogP contribution < -0.4 is 9.46 Å². The first-order chi connectivity index (χ1) is 11.4. The smallest absolute Gasteiger partial charge is 0.268 e. The van der Waals surface area contributed by atoms with Crippen molar-refractivity contribution in [2.75, 3.05) is 11.8 Å². The van der Waals surface area contributed by atoms with Gasteiger partial charge in [-0.25, -0.2) is 27.5 Å². The molecule has 0 radical (unpaired) electrons. The van der Waals surface area contributed by atoms with Crippen molar-refractivity contribution in [3.05, 3.63) is 41.0 Å². The van der Waals surface area contributed by atoms with Gasteiger partial charge in [0.15, 0.2) is 11.6 Å². The number of methoxy groups -OCH3 is 1. The second-order valence-corrected chi connectivity index (χ2v) is 7.29. The molecule has 1 heterocycles. The number of anilines is 1. The molecule has 3 rings (SSSR count). The van der Waals surface area contributed by atoms with Crippen LogP contribution in [0.1, 0.15) is 29.8 Å². The highest BCUT2D eigenvalue weighted by molar-refractivity contribution is 7.92. The van der Waals surface area contributed by atoms with E-state index in [1.54, 1.807) is 0 Å². The fourth-order valence-electron chi connectivity index (χ4n) is 2.90. The predicted molar refractivity (Wildman–Crippen MR) is 87.2 cm³/mol. The zero-order chi connectivity index (χ0) is 17.3. The maximum Gasteiger partial charge on any atom is 0.268 e. The lowest BCUT2D eigenvalue weighted by Gasteiger charge is -2.18. The first-order valence-corrected chi connectivity index (χ1v) is 9.12. The van der Waals surface area contributed by atoms with Crippen molar-refractivity contribution in [3.8, 4) is 5.75 Å². The Bertz CT molecular complexity index is 884. The van der Waals surface area contributed by atoms with Crippen molar-refractivity contribution in [1.82, 2.24) is 9.97 Å². The average Bonchev–Trinajstić information content (AvgIpc) is 2.54. The van der Waals surface area contributed by atoms with E-state index in [1.165, 1.54) is 19.2 Å². The molecule has 8 heteroatoms. The van der Waals surface area contributed by atoms with Crippen molar-refractivity contribution in [3.63, 3.8) is 0 Å². The Kier molecular flexibility index (Phi) is 4.40. The average molecular weight is 351 g/mol. The molecule has 1 aliphatic rings. The Labute approximate surface area is 140 Å². The number of nitrogens with one attached hydrogen (secondary N) is 1. The molecule has 0 spiro atoms. The summed E-state index contributed by atoms with van der Waals surface area (Å²) < 4.78 is 46.1. The van der Waals surface area contributed by atoms with Crippen LogP contribution in [0.5, 0.6) is 5.75 Å². The number of para-hydroxylation sites is 1. The van der Waals surface area contributed by atoms with Gasteiger partial charge in [-0.05, 0) is 50.3 Å². The van der Waals surface area contributed by atoms with Crippen molar-refractivity contribution < 1.29 is 17.5 Å². The van der Waals surface area contributed by atoms with E-state index < -0.39 is 15.8 Å². The molecule has 2 aromatic rings. The van der Waals surface area contributed by atoms with Gasteiger partial charge in [0.2, 0.25) is 5.95 Å². The lowest BCUT2D eigenvalue weighted by molar-refractivity contribution is 0.374. The van der Waals surface area contributed by atoms with E-state index in [-0.39, 0.29) is 16.6 Å². The number of rotatable bonds is 4. The zero-order valence-corrected chi connectivity index (χ0v) is 14.3. The van der Waals surface area contributed by atoms with Crippen molar-refractivity contribution in [1.29, 1.82) is 0 Å². The Morgan fingerprint density at radius 1 is 1.21 bits per heavy atom. The predicted octanol–water partition coefficient (Wildman–Crippen LogP) is 2.61. The van der Waals surface area contributed by atoms with Gasteiger partial charge in [-0.2, -0.15) is 0 Å². The number of fused-ring (bicyclic) bond motifs is 1. The van der Waals surface area contributed by atoms with Gasteiger partial charge in [0, 0.05) is 11.4 Å². The quantitative estimate of drug-likeness (QED) is 0.916. The highest BCUT2D eigenvalue weighted by Gasteiger charge is 2.24. The first kappa shape index (κ1) is 16.6. The standard InChI is InChI=1S/C16H18FN3O3S/c1-10-11-6-3-4-8-13(11)19-16(18-10)20-24(21,22)14-9-5-7-12(17)15(14)23-2/h5,7,9H,3-4,6,8H2,1-2H3,(H,18,19,20). The van der Waals surface area contributed by atoms with Crippen LogP contribution >= 0.6 is 0 Å². The lowest BCUT2D eigenvalue weighted by Crippen LogP contribution is -2.19. The maximum atomic E-state index is 13.8. The molecule has 0 fully saturated rings. The third-order valence-corrected chi connectivity index (χ3v) is 5.39. The molecule has 128 valence electrons. The number of ether oxygens (including phenoxy) is 1.